The fourth-order valence-electron chi connectivity index (χ4n) is 1.38. The molecule has 20 heavy (non-hydrogen) atoms. The molecule has 0 radical (unpaired) electrons. The Morgan fingerprint density at radius 3 is 2.55 bits per heavy atom. The normalized spacial score (nSPS) is 11.4. The van der Waals surface area contributed by atoms with Crippen LogP contribution in [-0.4, -0.2) is 31.8 Å². The Labute approximate surface area is 111 Å². The molecule has 0 saturated carbocycles. The summed E-state index contributed by atoms with van der Waals surface area (Å²) in [5.41, 5.74) is 10.1. The number of primary amides is 1. The predicted octanol–water partition coefficient (Wildman–Crippen LogP) is 1.50. The summed E-state index contributed by atoms with van der Waals surface area (Å²) < 4.78 is 53.2. The number of rotatable bonds is 6. The Morgan fingerprint density at radius 1 is 1.35 bits per heavy atom. The van der Waals surface area contributed by atoms with Gasteiger partial charge in [-0.3, -0.25) is 4.79 Å². The van der Waals surface area contributed by atoms with Crippen LogP contribution in [0, 0.1) is 5.82 Å². The van der Waals surface area contributed by atoms with E-state index in [4.69, 9.17) is 11.5 Å². The molecule has 0 fully saturated rings. The predicted molar refractivity (Wildman–Crippen MR) is 64.7 cm³/mol. The summed E-state index contributed by atoms with van der Waals surface area (Å²) in [5.74, 6) is -1.58. The molecule has 0 aromatic heterocycles. The van der Waals surface area contributed by atoms with Crippen LogP contribution >= 0.6 is 0 Å². The Morgan fingerprint density at radius 2 is 2.00 bits per heavy atom. The van der Waals surface area contributed by atoms with Crippen molar-refractivity contribution in [3.8, 4) is 0 Å². The number of ether oxygens (including phenoxy) is 1. The summed E-state index contributed by atoms with van der Waals surface area (Å²) in [5, 5.41) is 2.49. The number of halogens is 4. The molecule has 0 saturated heterocycles. The Balaban J connectivity index is 2.56. The topological polar surface area (TPSA) is 90.4 Å². The average Bonchev–Trinajstić information content (AvgIpc) is 2.29. The summed E-state index contributed by atoms with van der Waals surface area (Å²) in [6.45, 7) is -1.74. The van der Waals surface area contributed by atoms with Crippen LogP contribution in [0.1, 0.15) is 10.4 Å². The molecule has 0 aliphatic rings. The molecular formula is C11H13F4N3O2. The number of benzene rings is 1. The van der Waals surface area contributed by atoms with Crippen LogP contribution in [0.25, 0.3) is 0 Å². The lowest BCUT2D eigenvalue weighted by molar-refractivity contribution is -0.172. The van der Waals surface area contributed by atoms with Crippen molar-refractivity contribution in [3.63, 3.8) is 0 Å². The number of alkyl halides is 3. The zero-order valence-corrected chi connectivity index (χ0v) is 10.3. The average molecular weight is 295 g/mol. The van der Waals surface area contributed by atoms with Gasteiger partial charge >= 0.3 is 6.18 Å². The fraction of sp³-hybridized carbons (Fsp3) is 0.364. The Bertz CT molecular complexity index is 491. The van der Waals surface area contributed by atoms with Crippen LogP contribution in [0.3, 0.4) is 0 Å². The molecule has 5 N–H and O–H groups in total. The van der Waals surface area contributed by atoms with Gasteiger partial charge < -0.3 is 21.5 Å². The lowest BCUT2D eigenvalue weighted by atomic mass is 10.1. The first-order chi connectivity index (χ1) is 9.20. The zero-order valence-electron chi connectivity index (χ0n) is 10.3. The lowest BCUT2D eigenvalue weighted by Gasteiger charge is -2.11. The van der Waals surface area contributed by atoms with Crippen LogP contribution in [0.15, 0.2) is 12.1 Å². The van der Waals surface area contributed by atoms with E-state index >= 15 is 0 Å². The quantitative estimate of drug-likeness (QED) is 0.421. The van der Waals surface area contributed by atoms with E-state index in [1.54, 1.807) is 0 Å². The molecule has 112 valence electrons. The van der Waals surface area contributed by atoms with Gasteiger partial charge in [-0.25, -0.2) is 4.39 Å². The maximum absolute atomic E-state index is 13.5. The number of hydrogen-bond donors (Lipinski definition) is 3. The largest absolute Gasteiger partial charge is 0.411 e. The molecule has 0 heterocycles. The van der Waals surface area contributed by atoms with Crippen molar-refractivity contribution in [2.45, 2.75) is 6.18 Å². The summed E-state index contributed by atoms with van der Waals surface area (Å²) in [6.07, 6.45) is -4.41. The van der Waals surface area contributed by atoms with Crippen LogP contribution in [0.2, 0.25) is 0 Å². The number of nitrogens with two attached hydrogens (primary N) is 2. The van der Waals surface area contributed by atoms with Crippen LogP contribution in [0.4, 0.5) is 28.9 Å². The summed E-state index contributed by atoms with van der Waals surface area (Å²) >= 11 is 0. The number of nitrogen functional groups attached to an aromatic ring is 1. The van der Waals surface area contributed by atoms with Crippen molar-refractivity contribution in [2.75, 3.05) is 30.8 Å². The third-order valence-corrected chi connectivity index (χ3v) is 2.23. The minimum Gasteiger partial charge on any atom is -0.398 e. The van der Waals surface area contributed by atoms with E-state index < -0.39 is 24.5 Å². The van der Waals surface area contributed by atoms with E-state index in [1.165, 1.54) is 0 Å². The van der Waals surface area contributed by atoms with Gasteiger partial charge in [-0.15, -0.1) is 0 Å². The van der Waals surface area contributed by atoms with Crippen molar-refractivity contribution in [3.05, 3.63) is 23.5 Å². The Hall–Kier alpha value is -2.03. The molecule has 0 aliphatic heterocycles. The number of anilines is 2. The van der Waals surface area contributed by atoms with Gasteiger partial charge in [-0.2, -0.15) is 13.2 Å². The van der Waals surface area contributed by atoms with E-state index in [9.17, 15) is 22.4 Å². The van der Waals surface area contributed by atoms with E-state index in [1.807, 2.05) is 0 Å². The van der Waals surface area contributed by atoms with E-state index in [0.717, 1.165) is 12.1 Å². The molecule has 0 unspecified atom stereocenters. The SMILES string of the molecule is NC(=O)c1cc(NCCOCC(F)(F)F)c(F)cc1N. The number of amides is 1. The molecule has 1 rings (SSSR count). The highest BCUT2D eigenvalue weighted by atomic mass is 19.4. The van der Waals surface area contributed by atoms with Crippen molar-refractivity contribution in [1.29, 1.82) is 0 Å². The van der Waals surface area contributed by atoms with Gasteiger partial charge in [0.05, 0.1) is 17.9 Å². The van der Waals surface area contributed by atoms with Gasteiger partial charge in [-0.1, -0.05) is 0 Å². The maximum Gasteiger partial charge on any atom is 0.411 e. The highest BCUT2D eigenvalue weighted by Crippen LogP contribution is 2.21. The van der Waals surface area contributed by atoms with Crippen molar-refractivity contribution in [2.24, 2.45) is 5.73 Å². The first-order valence-electron chi connectivity index (χ1n) is 5.48. The van der Waals surface area contributed by atoms with Gasteiger partial charge in [0.15, 0.2) is 0 Å². The second-order valence-electron chi connectivity index (χ2n) is 3.88. The summed E-state index contributed by atoms with van der Waals surface area (Å²) in [6, 6.07) is 2.00. The van der Waals surface area contributed by atoms with Gasteiger partial charge in [0.2, 0.25) is 0 Å². The molecule has 1 aromatic carbocycles. The van der Waals surface area contributed by atoms with Crippen LogP contribution < -0.4 is 16.8 Å². The molecule has 0 bridgehead atoms. The third kappa shape index (κ3) is 4.92. The summed E-state index contributed by atoms with van der Waals surface area (Å²) in [4.78, 5) is 11.0. The first kappa shape index (κ1) is 16.0. The molecule has 0 aliphatic carbocycles. The second kappa shape index (κ2) is 6.42. The minimum atomic E-state index is -4.41. The lowest BCUT2D eigenvalue weighted by Crippen LogP contribution is -2.20. The van der Waals surface area contributed by atoms with Crippen molar-refractivity contribution in [1.82, 2.24) is 0 Å². The van der Waals surface area contributed by atoms with Gasteiger partial charge in [0.25, 0.3) is 5.91 Å². The number of carbonyl (C=O) groups excluding carboxylic acids is 1. The monoisotopic (exact) mass is 295 g/mol. The van der Waals surface area contributed by atoms with E-state index in [2.05, 4.69) is 10.1 Å². The third-order valence-electron chi connectivity index (χ3n) is 2.23. The smallest absolute Gasteiger partial charge is 0.398 e. The fourth-order valence-corrected chi connectivity index (χ4v) is 1.38. The molecular weight excluding hydrogens is 282 g/mol. The molecule has 0 atom stereocenters. The van der Waals surface area contributed by atoms with Crippen LogP contribution in [0.5, 0.6) is 0 Å². The number of nitrogens with one attached hydrogen (secondary N) is 1. The molecule has 1 aromatic rings. The highest BCUT2D eigenvalue weighted by Gasteiger charge is 2.27. The van der Waals surface area contributed by atoms with Gasteiger partial charge in [0.1, 0.15) is 12.4 Å². The summed E-state index contributed by atoms with van der Waals surface area (Å²) in [7, 11) is 0. The first-order valence-corrected chi connectivity index (χ1v) is 5.48. The second-order valence-corrected chi connectivity index (χ2v) is 3.88. The number of hydrogen-bond acceptors (Lipinski definition) is 4. The Kier molecular flexibility index (Phi) is 5.14. The van der Waals surface area contributed by atoms with Gasteiger partial charge in [-0.05, 0) is 12.1 Å². The van der Waals surface area contributed by atoms with E-state index in [-0.39, 0.29) is 30.1 Å². The maximum atomic E-state index is 13.5. The highest BCUT2D eigenvalue weighted by molar-refractivity contribution is 5.99. The minimum absolute atomic E-state index is 0.0743. The van der Waals surface area contributed by atoms with Crippen LogP contribution in [-0.2, 0) is 4.74 Å². The molecule has 1 amide bonds. The van der Waals surface area contributed by atoms with E-state index in [0.29, 0.717) is 0 Å². The molecule has 0 spiro atoms. The van der Waals surface area contributed by atoms with Gasteiger partial charge in [0, 0.05) is 12.2 Å². The molecule has 9 heteroatoms. The van der Waals surface area contributed by atoms with Crippen molar-refractivity contribution >= 4 is 17.3 Å². The number of carbonyl (C=O) groups is 1. The zero-order chi connectivity index (χ0) is 15.3. The van der Waals surface area contributed by atoms with Crippen molar-refractivity contribution < 1.29 is 27.1 Å². The molecule has 5 nitrogen and oxygen atoms in total. The standard InChI is InChI=1S/C11H13F4N3O2/c12-7-4-8(16)6(10(17)19)3-9(7)18-1-2-20-5-11(13,14)15/h3-4,18H,1-2,5,16H2,(H2,17,19).